The standard InChI is InChI=1S/C9H18ClN5O.C9H14ClN5/c1-4-12-8-13-7(5-6(2)16-3)14-9(10,11)15-8;1-3-5-6-7-13-8(12-4-2)15-9(10,11)14-7/h6H,4-5,11H2,1-3H3,(H2,12,13,14,15);3-4,11H2,1-2H3,(H2,12,13,14,15). The summed E-state index contributed by atoms with van der Waals surface area (Å²) in [6.07, 6.45) is 1.39. The first-order valence-corrected chi connectivity index (χ1v) is 10.6. The molecule has 31 heavy (non-hydrogen) atoms. The second-order valence-electron chi connectivity index (χ2n) is 6.42. The molecule has 0 spiro atoms. The zero-order valence-electron chi connectivity index (χ0n) is 18.5. The molecule has 0 saturated carbocycles. The van der Waals surface area contributed by atoms with Crippen molar-refractivity contribution in [2.45, 2.75) is 57.1 Å². The lowest BCUT2D eigenvalue weighted by Crippen LogP contribution is -2.60. The second kappa shape index (κ2) is 12.7. The zero-order valence-corrected chi connectivity index (χ0v) is 20.0. The number of nitrogens with one attached hydrogen (secondary N) is 4. The number of amidine groups is 2. The van der Waals surface area contributed by atoms with E-state index in [4.69, 9.17) is 39.4 Å². The summed E-state index contributed by atoms with van der Waals surface area (Å²) in [5, 5.41) is 8.72. The van der Waals surface area contributed by atoms with Crippen molar-refractivity contribution in [2.24, 2.45) is 31.4 Å². The Labute approximate surface area is 193 Å². The minimum absolute atomic E-state index is 0.0414. The van der Waals surface area contributed by atoms with Crippen molar-refractivity contribution in [1.82, 2.24) is 21.3 Å². The molecule has 0 bridgehead atoms. The van der Waals surface area contributed by atoms with E-state index in [1.54, 1.807) is 7.11 Å². The molecule has 2 aliphatic rings. The Morgan fingerprint density at radius 3 is 2.10 bits per heavy atom. The van der Waals surface area contributed by atoms with E-state index in [-0.39, 0.29) is 6.10 Å². The zero-order chi connectivity index (χ0) is 23.5. The van der Waals surface area contributed by atoms with Crippen LogP contribution in [0.3, 0.4) is 0 Å². The molecule has 0 saturated heterocycles. The molecule has 0 aromatic heterocycles. The van der Waals surface area contributed by atoms with Gasteiger partial charge in [-0.2, -0.15) is 0 Å². The third-order valence-electron chi connectivity index (χ3n) is 3.56. The van der Waals surface area contributed by atoms with Gasteiger partial charge in [0.1, 0.15) is 5.84 Å². The first-order valence-electron chi connectivity index (χ1n) is 9.89. The number of ether oxygens (including phenoxy) is 1. The van der Waals surface area contributed by atoms with Crippen molar-refractivity contribution in [3.8, 4) is 11.8 Å². The molecule has 0 amide bonds. The number of hydrogen-bond acceptors (Lipinski definition) is 7. The molecule has 2 heterocycles. The van der Waals surface area contributed by atoms with E-state index < -0.39 is 10.5 Å². The van der Waals surface area contributed by atoms with Gasteiger partial charge in [-0.15, -0.1) is 0 Å². The highest BCUT2D eigenvalue weighted by Crippen LogP contribution is 2.11. The van der Waals surface area contributed by atoms with E-state index in [9.17, 15) is 0 Å². The number of halogens is 2. The topological polar surface area (TPSA) is 159 Å². The number of aliphatic imine (C=N–C) groups is 4. The second-order valence-corrected chi connectivity index (χ2v) is 7.57. The smallest absolute Gasteiger partial charge is 0.267 e. The highest BCUT2D eigenvalue weighted by atomic mass is 35.5. The Kier molecular flexibility index (Phi) is 11.0. The van der Waals surface area contributed by atoms with Crippen LogP contribution in [0.1, 0.15) is 40.5 Å². The van der Waals surface area contributed by atoms with Crippen LogP contribution >= 0.6 is 23.2 Å². The van der Waals surface area contributed by atoms with Crippen LogP contribution in [0.2, 0.25) is 0 Å². The SMILES string of the molecule is CCC#CC1=NC(N)(Cl)NC(=NCC)N1.CCN=C1NC(CC(C)OC)=NC(N)(Cl)N1. The number of rotatable bonds is 5. The number of guanidine groups is 2. The first kappa shape index (κ1) is 26.9. The first-order chi connectivity index (χ1) is 14.5. The lowest BCUT2D eigenvalue weighted by Gasteiger charge is -2.29. The third kappa shape index (κ3) is 10.7. The third-order valence-corrected chi connectivity index (χ3v) is 3.92. The van der Waals surface area contributed by atoms with Gasteiger partial charge in [-0.05, 0) is 26.7 Å². The Hall–Kier alpha value is -2.10. The van der Waals surface area contributed by atoms with Gasteiger partial charge in [0.15, 0.2) is 5.84 Å². The summed E-state index contributed by atoms with van der Waals surface area (Å²) in [5.41, 5.74) is 11.4. The number of alkyl halides is 2. The average Bonchev–Trinajstić information content (AvgIpc) is 2.65. The highest BCUT2D eigenvalue weighted by molar-refractivity contribution is 6.27. The lowest BCUT2D eigenvalue weighted by atomic mass is 10.2. The van der Waals surface area contributed by atoms with Crippen LogP contribution in [-0.2, 0) is 4.74 Å². The maximum absolute atomic E-state index is 5.94. The van der Waals surface area contributed by atoms with Crippen molar-refractivity contribution in [1.29, 1.82) is 0 Å². The number of nitrogens with zero attached hydrogens (tertiary/aromatic N) is 4. The van der Waals surface area contributed by atoms with Gasteiger partial charge in [0.05, 0.1) is 6.10 Å². The van der Waals surface area contributed by atoms with E-state index in [2.05, 4.69) is 53.1 Å². The van der Waals surface area contributed by atoms with Crippen molar-refractivity contribution in [3.63, 3.8) is 0 Å². The molecule has 2 rings (SSSR count). The van der Waals surface area contributed by atoms with E-state index >= 15 is 0 Å². The minimum Gasteiger partial charge on any atom is -0.381 e. The molecular formula is C18H32Cl2N10O. The molecule has 0 aliphatic carbocycles. The fourth-order valence-electron chi connectivity index (χ4n) is 2.27. The van der Waals surface area contributed by atoms with Gasteiger partial charge in [0.2, 0.25) is 11.9 Å². The highest BCUT2D eigenvalue weighted by Gasteiger charge is 2.28. The molecule has 174 valence electrons. The predicted molar refractivity (Wildman–Crippen MR) is 128 cm³/mol. The normalized spacial score (nSPS) is 28.3. The summed E-state index contributed by atoms with van der Waals surface area (Å²) in [6, 6.07) is 0. The maximum atomic E-state index is 5.94. The van der Waals surface area contributed by atoms with E-state index in [0.29, 0.717) is 43.1 Å². The number of methoxy groups -OCH3 is 1. The van der Waals surface area contributed by atoms with E-state index in [1.807, 2.05) is 27.7 Å². The van der Waals surface area contributed by atoms with Gasteiger partial charge in [-0.1, -0.05) is 36.0 Å². The van der Waals surface area contributed by atoms with Crippen LogP contribution in [0.5, 0.6) is 0 Å². The molecular weight excluding hydrogens is 443 g/mol. The van der Waals surface area contributed by atoms with Gasteiger partial charge < -0.3 is 26.0 Å². The summed E-state index contributed by atoms with van der Waals surface area (Å²) in [6.45, 7) is 8.98. The van der Waals surface area contributed by atoms with Crippen LogP contribution in [0.25, 0.3) is 0 Å². The molecule has 2 aliphatic heterocycles. The van der Waals surface area contributed by atoms with Gasteiger partial charge in [0.25, 0.3) is 10.5 Å². The summed E-state index contributed by atoms with van der Waals surface area (Å²) in [4.78, 5) is 16.4. The molecule has 0 fully saturated rings. The molecule has 8 N–H and O–H groups in total. The van der Waals surface area contributed by atoms with Crippen molar-refractivity contribution >= 4 is 46.8 Å². The summed E-state index contributed by atoms with van der Waals surface area (Å²) in [7, 11) is 1.64. The van der Waals surface area contributed by atoms with Crippen molar-refractivity contribution in [3.05, 3.63) is 0 Å². The fraction of sp³-hybridized carbons (Fsp3) is 0.667. The predicted octanol–water partition coefficient (Wildman–Crippen LogP) is 0.363. The monoisotopic (exact) mass is 474 g/mol. The van der Waals surface area contributed by atoms with Gasteiger partial charge >= 0.3 is 0 Å². The van der Waals surface area contributed by atoms with Crippen LogP contribution < -0.4 is 32.7 Å². The van der Waals surface area contributed by atoms with Crippen LogP contribution in [0.15, 0.2) is 20.0 Å². The number of hydrogen-bond donors (Lipinski definition) is 6. The fourth-order valence-corrected chi connectivity index (χ4v) is 2.64. The quantitative estimate of drug-likeness (QED) is 0.190. The Morgan fingerprint density at radius 2 is 1.58 bits per heavy atom. The summed E-state index contributed by atoms with van der Waals surface area (Å²) in [5.74, 6) is 7.82. The Morgan fingerprint density at radius 1 is 1.03 bits per heavy atom. The average molecular weight is 475 g/mol. The number of nitrogens with two attached hydrogens (primary N) is 2. The van der Waals surface area contributed by atoms with Crippen molar-refractivity contribution in [2.75, 3.05) is 20.2 Å². The molecule has 3 atom stereocenters. The summed E-state index contributed by atoms with van der Waals surface area (Å²) >= 11 is 11.8. The summed E-state index contributed by atoms with van der Waals surface area (Å²) < 4.78 is 5.15. The molecule has 3 unspecified atom stereocenters. The Balaban J connectivity index is 0.000000311. The van der Waals surface area contributed by atoms with Crippen LogP contribution in [0, 0.1) is 11.8 Å². The molecule has 11 nitrogen and oxygen atoms in total. The molecule has 0 aromatic rings. The lowest BCUT2D eigenvalue weighted by molar-refractivity contribution is 0.124. The Bertz CT molecular complexity index is 780. The molecule has 0 aromatic carbocycles. The molecule has 0 radical (unpaired) electrons. The van der Waals surface area contributed by atoms with Crippen LogP contribution in [0.4, 0.5) is 0 Å². The van der Waals surface area contributed by atoms with Gasteiger partial charge in [0, 0.05) is 33.0 Å². The van der Waals surface area contributed by atoms with Crippen LogP contribution in [-0.4, -0.2) is 60.4 Å². The van der Waals surface area contributed by atoms with E-state index in [0.717, 1.165) is 6.42 Å². The van der Waals surface area contributed by atoms with Gasteiger partial charge in [-0.3, -0.25) is 21.5 Å². The minimum atomic E-state index is -1.36. The maximum Gasteiger partial charge on any atom is 0.267 e. The molecule has 13 heteroatoms. The largest absolute Gasteiger partial charge is 0.381 e. The van der Waals surface area contributed by atoms with Crippen molar-refractivity contribution < 1.29 is 4.74 Å². The van der Waals surface area contributed by atoms with Gasteiger partial charge in [-0.25, -0.2) is 9.98 Å². The van der Waals surface area contributed by atoms with E-state index in [1.165, 1.54) is 0 Å².